The first kappa shape index (κ1) is 14.6. The van der Waals surface area contributed by atoms with Crippen LogP contribution < -0.4 is 22.7 Å². The highest BCUT2D eigenvalue weighted by molar-refractivity contribution is 7.98. The van der Waals surface area contributed by atoms with Gasteiger partial charge < -0.3 is 12.4 Å². The smallest absolute Gasteiger partial charge is 0.332 e. The topological polar surface area (TPSA) is 29.9 Å². The molecule has 5 heteroatoms. The number of nitrogens with zero attached hydrogens (tertiary/aromatic N) is 1. The van der Waals surface area contributed by atoms with Gasteiger partial charge in [0, 0.05) is 5.75 Å². The van der Waals surface area contributed by atoms with Crippen LogP contribution in [0.4, 0.5) is 5.13 Å². The molecule has 17 heavy (non-hydrogen) atoms. The minimum absolute atomic E-state index is 0. The number of hydrogen-bond acceptors (Lipinski definition) is 3. The van der Waals surface area contributed by atoms with Crippen LogP contribution in [0.15, 0.2) is 12.1 Å². The fraction of sp³-hybridized carbons (Fsp3) is 0.417. The van der Waals surface area contributed by atoms with E-state index < -0.39 is 0 Å². The molecule has 0 saturated heterocycles. The van der Waals surface area contributed by atoms with Crippen molar-refractivity contribution >= 4 is 38.4 Å². The summed E-state index contributed by atoms with van der Waals surface area (Å²) in [5.74, 6) is 1.10. The monoisotopic (exact) mass is 288 g/mol. The van der Waals surface area contributed by atoms with Gasteiger partial charge in [0.15, 0.2) is 0 Å². The number of benzene rings is 1. The maximum atomic E-state index is 6.07. The number of thioether (sulfide) groups is 1. The zero-order valence-corrected chi connectivity index (χ0v) is 12.7. The summed E-state index contributed by atoms with van der Waals surface area (Å²) in [5, 5.41) is 0.911. The number of aryl methyl sites for hydroxylation is 3. The Bertz CT molecular complexity index is 523. The van der Waals surface area contributed by atoms with E-state index >= 15 is 0 Å². The van der Waals surface area contributed by atoms with E-state index in [1.165, 1.54) is 21.3 Å². The Labute approximate surface area is 117 Å². The van der Waals surface area contributed by atoms with Gasteiger partial charge >= 0.3 is 5.13 Å². The molecule has 0 amide bonds. The summed E-state index contributed by atoms with van der Waals surface area (Å²) in [7, 11) is 0. The van der Waals surface area contributed by atoms with Crippen molar-refractivity contribution in [1.82, 2.24) is 0 Å². The quantitative estimate of drug-likeness (QED) is 0.790. The second-order valence-electron chi connectivity index (χ2n) is 3.99. The highest BCUT2D eigenvalue weighted by Gasteiger charge is 2.15. The van der Waals surface area contributed by atoms with Gasteiger partial charge in [0.2, 0.25) is 0 Å². The number of thiazole rings is 1. The van der Waals surface area contributed by atoms with Gasteiger partial charge in [-0.25, -0.2) is 4.57 Å². The molecule has 94 valence electrons. The van der Waals surface area contributed by atoms with Gasteiger partial charge in [0.1, 0.15) is 12.1 Å². The first-order chi connectivity index (χ1) is 7.63. The molecule has 0 aliphatic heterocycles. The van der Waals surface area contributed by atoms with E-state index in [1.54, 1.807) is 11.3 Å². The van der Waals surface area contributed by atoms with E-state index in [2.05, 4.69) is 36.8 Å². The number of fused-ring (bicyclic) bond motifs is 1. The molecule has 0 radical (unpaired) electrons. The molecule has 0 aliphatic rings. The molecule has 0 fully saturated rings. The van der Waals surface area contributed by atoms with E-state index in [1.807, 2.05) is 11.8 Å². The Balaban J connectivity index is 0.00000144. The number of hydrogen-bond donors (Lipinski definition) is 1. The van der Waals surface area contributed by atoms with E-state index in [0.29, 0.717) is 0 Å². The highest BCUT2D eigenvalue weighted by atomic mass is 35.5. The molecule has 2 aromatic rings. The summed E-state index contributed by atoms with van der Waals surface area (Å²) in [6.45, 7) is 5.30. The molecule has 1 aromatic carbocycles. The molecule has 0 unspecified atom stereocenters. The van der Waals surface area contributed by atoms with Crippen LogP contribution in [0.2, 0.25) is 0 Å². The van der Waals surface area contributed by atoms with Crippen molar-refractivity contribution in [3.05, 3.63) is 23.3 Å². The first-order valence-electron chi connectivity index (χ1n) is 5.31. The zero-order valence-electron chi connectivity index (χ0n) is 10.3. The van der Waals surface area contributed by atoms with Crippen LogP contribution in [0.3, 0.4) is 0 Å². The molecule has 0 saturated carbocycles. The third-order valence-electron chi connectivity index (χ3n) is 2.87. The number of aromatic nitrogens is 1. The van der Waals surface area contributed by atoms with Gasteiger partial charge in [0.05, 0.1) is 4.70 Å². The van der Waals surface area contributed by atoms with Crippen molar-refractivity contribution in [2.75, 3.05) is 17.7 Å². The SMILES string of the molecule is CSCC[n+]1c(N)sc2cc(C)c(C)cc21.[Cl-]. The number of nitrogens with two attached hydrogens (primary N) is 1. The lowest BCUT2D eigenvalue weighted by Gasteiger charge is -2.01. The Morgan fingerprint density at radius 2 is 1.94 bits per heavy atom. The molecule has 0 spiro atoms. The minimum atomic E-state index is 0. The van der Waals surface area contributed by atoms with Crippen molar-refractivity contribution in [3.8, 4) is 0 Å². The Morgan fingerprint density at radius 3 is 2.59 bits per heavy atom. The Morgan fingerprint density at radius 1 is 1.29 bits per heavy atom. The van der Waals surface area contributed by atoms with E-state index in [9.17, 15) is 0 Å². The van der Waals surface area contributed by atoms with Crippen LogP contribution >= 0.6 is 23.1 Å². The van der Waals surface area contributed by atoms with Crippen molar-refractivity contribution in [2.45, 2.75) is 20.4 Å². The van der Waals surface area contributed by atoms with Crippen LogP contribution in [0.5, 0.6) is 0 Å². The molecule has 2 N–H and O–H groups in total. The lowest BCUT2D eigenvalue weighted by Crippen LogP contribution is -3.00. The number of halogens is 1. The molecular formula is C12H17ClN2S2. The third kappa shape index (κ3) is 2.87. The maximum absolute atomic E-state index is 6.07. The van der Waals surface area contributed by atoms with Gasteiger partial charge in [-0.2, -0.15) is 11.8 Å². The fourth-order valence-corrected chi connectivity index (χ4v) is 3.17. The number of rotatable bonds is 3. The molecule has 0 bridgehead atoms. The molecule has 1 aromatic heterocycles. The molecule has 0 aliphatic carbocycles. The van der Waals surface area contributed by atoms with Gasteiger partial charge in [-0.1, -0.05) is 0 Å². The van der Waals surface area contributed by atoms with Crippen molar-refractivity contribution < 1.29 is 17.0 Å². The standard InChI is InChI=1S/C12H16N2S2.ClH/c1-8-6-10-11(7-9(8)2)16-12(13)14(10)4-5-15-3;/h6-7,13H,4-5H2,1-3H3;1H. The summed E-state index contributed by atoms with van der Waals surface area (Å²) in [6.07, 6.45) is 2.13. The normalized spacial score (nSPS) is 10.5. The minimum Gasteiger partial charge on any atom is -1.00 e. The van der Waals surface area contributed by atoms with Crippen LogP contribution in [-0.4, -0.2) is 12.0 Å². The van der Waals surface area contributed by atoms with Crippen molar-refractivity contribution in [2.24, 2.45) is 0 Å². The van der Waals surface area contributed by atoms with Crippen molar-refractivity contribution in [3.63, 3.8) is 0 Å². The van der Waals surface area contributed by atoms with Crippen LogP contribution in [0.25, 0.3) is 10.2 Å². The predicted molar refractivity (Wildman–Crippen MR) is 74.3 cm³/mol. The average Bonchev–Trinajstić information content (AvgIpc) is 2.52. The van der Waals surface area contributed by atoms with Gasteiger partial charge in [-0.05, 0) is 54.7 Å². The summed E-state index contributed by atoms with van der Waals surface area (Å²) in [6, 6.07) is 4.49. The second kappa shape index (κ2) is 5.94. The molecule has 2 rings (SSSR count). The zero-order chi connectivity index (χ0) is 11.7. The Hall–Kier alpha value is -0.450. The summed E-state index contributed by atoms with van der Waals surface area (Å²) >= 11 is 3.54. The summed E-state index contributed by atoms with van der Waals surface area (Å²) < 4.78 is 3.52. The maximum Gasteiger partial charge on any atom is 0.332 e. The second-order valence-corrected chi connectivity index (χ2v) is 6.04. The van der Waals surface area contributed by atoms with E-state index in [4.69, 9.17) is 5.73 Å². The number of nitrogen functional groups attached to an aromatic ring is 1. The highest BCUT2D eigenvalue weighted by Crippen LogP contribution is 2.25. The number of anilines is 1. The summed E-state index contributed by atoms with van der Waals surface area (Å²) in [5.41, 5.74) is 10.0. The van der Waals surface area contributed by atoms with Crippen LogP contribution in [0, 0.1) is 13.8 Å². The van der Waals surface area contributed by atoms with Crippen LogP contribution in [-0.2, 0) is 6.54 Å². The van der Waals surface area contributed by atoms with E-state index in [-0.39, 0.29) is 12.4 Å². The fourth-order valence-electron chi connectivity index (χ4n) is 1.77. The average molecular weight is 289 g/mol. The predicted octanol–water partition coefficient (Wildman–Crippen LogP) is -0.245. The lowest BCUT2D eigenvalue weighted by molar-refractivity contribution is -0.648. The van der Waals surface area contributed by atoms with E-state index in [0.717, 1.165) is 17.4 Å². The largest absolute Gasteiger partial charge is 1.00 e. The Kier molecular flexibility index (Phi) is 5.10. The van der Waals surface area contributed by atoms with Gasteiger partial charge in [-0.15, -0.1) is 0 Å². The molecule has 2 nitrogen and oxygen atoms in total. The first-order valence-corrected chi connectivity index (χ1v) is 7.52. The van der Waals surface area contributed by atoms with Gasteiger partial charge in [-0.3, -0.25) is 5.73 Å². The molecule has 1 heterocycles. The van der Waals surface area contributed by atoms with Gasteiger partial charge in [0.25, 0.3) is 0 Å². The summed E-state index contributed by atoms with van der Waals surface area (Å²) in [4.78, 5) is 0. The third-order valence-corrected chi connectivity index (χ3v) is 4.43. The molecular weight excluding hydrogens is 272 g/mol. The van der Waals surface area contributed by atoms with Crippen LogP contribution in [0.1, 0.15) is 11.1 Å². The van der Waals surface area contributed by atoms with Crippen molar-refractivity contribution in [1.29, 1.82) is 0 Å². The lowest BCUT2D eigenvalue weighted by atomic mass is 10.1. The molecule has 0 atom stereocenters.